The third-order valence-electron chi connectivity index (χ3n) is 2.51. The van der Waals surface area contributed by atoms with Gasteiger partial charge in [-0.15, -0.1) is 0 Å². The molecule has 7 heteroatoms. The second kappa shape index (κ2) is 4.44. The van der Waals surface area contributed by atoms with Crippen LogP contribution in [0.2, 0.25) is 0 Å². The van der Waals surface area contributed by atoms with E-state index in [1.807, 2.05) is 0 Å². The van der Waals surface area contributed by atoms with E-state index in [4.69, 9.17) is 0 Å². The first-order valence-electron chi connectivity index (χ1n) is 5.15. The number of imide groups is 1. The number of rotatable bonds is 2. The number of nitrogens with zero attached hydrogens (tertiary/aromatic N) is 2. The van der Waals surface area contributed by atoms with Gasteiger partial charge in [0.15, 0.2) is 11.6 Å². The fourth-order valence-corrected chi connectivity index (χ4v) is 1.55. The minimum atomic E-state index is -0.642. The first-order valence-corrected chi connectivity index (χ1v) is 5.15. The van der Waals surface area contributed by atoms with E-state index in [2.05, 4.69) is 20.6 Å². The summed E-state index contributed by atoms with van der Waals surface area (Å²) >= 11 is 0. The molecular weight excluding hydrogens is 227 g/mol. The number of hydrogen-bond donors (Lipinski definition) is 2. The Hall–Kier alpha value is -2.05. The van der Waals surface area contributed by atoms with Crippen molar-refractivity contribution in [2.24, 2.45) is 0 Å². The average Bonchev–Trinajstić information content (AvgIpc) is 2.28. The third kappa shape index (κ3) is 2.38. The lowest BCUT2D eigenvalue weighted by molar-refractivity contribution is -0.133. The second-order valence-corrected chi connectivity index (χ2v) is 3.77. The molecule has 0 aromatic carbocycles. The summed E-state index contributed by atoms with van der Waals surface area (Å²) in [6, 6.07) is -0.642. The minimum Gasteiger partial charge on any atom is -0.356 e. The van der Waals surface area contributed by atoms with E-state index in [0.29, 0.717) is 6.42 Å². The zero-order valence-corrected chi connectivity index (χ0v) is 9.16. The van der Waals surface area contributed by atoms with E-state index in [9.17, 15) is 14.0 Å². The molecule has 6 nitrogen and oxygen atoms in total. The van der Waals surface area contributed by atoms with Crippen LogP contribution in [0.5, 0.6) is 0 Å². The summed E-state index contributed by atoms with van der Waals surface area (Å²) in [5.41, 5.74) is 0.204. The Morgan fingerprint density at radius 3 is 2.94 bits per heavy atom. The quantitative estimate of drug-likeness (QED) is 0.716. The predicted molar refractivity (Wildman–Crippen MR) is 56.5 cm³/mol. The molecule has 1 aromatic heterocycles. The summed E-state index contributed by atoms with van der Waals surface area (Å²) in [6.07, 6.45) is 1.77. The van der Waals surface area contributed by atoms with Crippen molar-refractivity contribution in [2.45, 2.75) is 25.8 Å². The van der Waals surface area contributed by atoms with Gasteiger partial charge in [-0.3, -0.25) is 14.9 Å². The lowest BCUT2D eigenvalue weighted by Crippen LogP contribution is -2.47. The van der Waals surface area contributed by atoms with Crippen molar-refractivity contribution in [2.75, 3.05) is 5.32 Å². The SMILES string of the molecule is Cc1ncnc(NC2CCC(=O)NC2=O)c1F. The molecule has 0 aliphatic carbocycles. The van der Waals surface area contributed by atoms with Crippen LogP contribution in [-0.2, 0) is 9.59 Å². The van der Waals surface area contributed by atoms with Crippen LogP contribution in [0.4, 0.5) is 10.2 Å². The van der Waals surface area contributed by atoms with Gasteiger partial charge >= 0.3 is 0 Å². The van der Waals surface area contributed by atoms with Crippen molar-refractivity contribution >= 4 is 17.6 Å². The molecule has 1 fully saturated rings. The van der Waals surface area contributed by atoms with Gasteiger partial charge in [0.2, 0.25) is 11.8 Å². The molecule has 2 heterocycles. The van der Waals surface area contributed by atoms with Crippen LogP contribution in [0, 0.1) is 12.7 Å². The summed E-state index contributed by atoms with van der Waals surface area (Å²) in [6.45, 7) is 1.51. The monoisotopic (exact) mass is 238 g/mol. The van der Waals surface area contributed by atoms with Gasteiger partial charge < -0.3 is 5.32 Å². The third-order valence-corrected chi connectivity index (χ3v) is 2.51. The van der Waals surface area contributed by atoms with Crippen LogP contribution < -0.4 is 10.6 Å². The van der Waals surface area contributed by atoms with Gasteiger partial charge in [0.25, 0.3) is 0 Å². The van der Waals surface area contributed by atoms with E-state index in [1.165, 1.54) is 13.3 Å². The van der Waals surface area contributed by atoms with Gasteiger partial charge in [-0.05, 0) is 13.3 Å². The molecule has 0 radical (unpaired) electrons. The summed E-state index contributed by atoms with van der Waals surface area (Å²) in [5, 5.41) is 4.85. The van der Waals surface area contributed by atoms with Crippen molar-refractivity contribution < 1.29 is 14.0 Å². The molecule has 1 aromatic rings. The van der Waals surface area contributed by atoms with Crippen molar-refractivity contribution in [3.05, 3.63) is 17.8 Å². The Morgan fingerprint density at radius 1 is 1.47 bits per heavy atom. The zero-order chi connectivity index (χ0) is 12.4. The molecule has 2 rings (SSSR count). The number of carbonyl (C=O) groups is 2. The van der Waals surface area contributed by atoms with Gasteiger partial charge in [0.1, 0.15) is 12.4 Å². The molecule has 17 heavy (non-hydrogen) atoms. The van der Waals surface area contributed by atoms with Gasteiger partial charge in [-0.25, -0.2) is 14.4 Å². The van der Waals surface area contributed by atoms with Crippen LogP contribution in [-0.4, -0.2) is 27.8 Å². The number of piperidine rings is 1. The Morgan fingerprint density at radius 2 is 2.24 bits per heavy atom. The highest BCUT2D eigenvalue weighted by atomic mass is 19.1. The van der Waals surface area contributed by atoms with E-state index in [-0.39, 0.29) is 23.8 Å². The fraction of sp³-hybridized carbons (Fsp3) is 0.400. The smallest absolute Gasteiger partial charge is 0.249 e. The predicted octanol–water partition coefficient (Wildman–Crippen LogP) is 0.141. The molecule has 1 aliphatic rings. The van der Waals surface area contributed by atoms with Crippen molar-refractivity contribution in [3.8, 4) is 0 Å². The van der Waals surface area contributed by atoms with Crippen molar-refractivity contribution in [1.82, 2.24) is 15.3 Å². The molecular formula is C10H11FN4O2. The molecule has 2 N–H and O–H groups in total. The van der Waals surface area contributed by atoms with Gasteiger partial charge in [-0.2, -0.15) is 0 Å². The minimum absolute atomic E-state index is 0.0213. The highest BCUT2D eigenvalue weighted by Gasteiger charge is 2.27. The number of amides is 2. The summed E-state index contributed by atoms with van der Waals surface area (Å²) in [4.78, 5) is 29.8. The summed E-state index contributed by atoms with van der Waals surface area (Å²) < 4.78 is 13.6. The van der Waals surface area contributed by atoms with Gasteiger partial charge in [0, 0.05) is 6.42 Å². The maximum Gasteiger partial charge on any atom is 0.249 e. The Kier molecular flexibility index (Phi) is 2.99. The Balaban J connectivity index is 2.13. The molecule has 90 valence electrons. The normalized spacial score (nSPS) is 20.0. The Bertz CT molecular complexity index is 477. The topological polar surface area (TPSA) is 84.0 Å². The number of carbonyl (C=O) groups excluding carboxylic acids is 2. The largest absolute Gasteiger partial charge is 0.356 e. The molecule has 2 amide bonds. The zero-order valence-electron chi connectivity index (χ0n) is 9.16. The highest BCUT2D eigenvalue weighted by molar-refractivity contribution is 6.01. The van der Waals surface area contributed by atoms with Crippen LogP contribution >= 0.6 is 0 Å². The van der Waals surface area contributed by atoms with Crippen molar-refractivity contribution in [3.63, 3.8) is 0 Å². The maximum atomic E-state index is 13.6. The van der Waals surface area contributed by atoms with Crippen LogP contribution in [0.3, 0.4) is 0 Å². The number of halogens is 1. The first kappa shape index (κ1) is 11.4. The molecule has 1 atom stereocenters. The maximum absolute atomic E-state index is 13.6. The number of anilines is 1. The summed E-state index contributed by atoms with van der Waals surface area (Å²) in [7, 11) is 0. The van der Waals surface area contributed by atoms with E-state index in [0.717, 1.165) is 0 Å². The van der Waals surface area contributed by atoms with E-state index >= 15 is 0 Å². The number of nitrogens with one attached hydrogen (secondary N) is 2. The number of hydrogen-bond acceptors (Lipinski definition) is 5. The van der Waals surface area contributed by atoms with E-state index in [1.54, 1.807) is 0 Å². The first-order chi connectivity index (χ1) is 8.08. The van der Waals surface area contributed by atoms with Crippen LogP contribution in [0.15, 0.2) is 6.33 Å². The molecule has 0 saturated carbocycles. The highest BCUT2D eigenvalue weighted by Crippen LogP contribution is 2.15. The average molecular weight is 238 g/mol. The standard InChI is InChI=1S/C10H11FN4O2/c1-5-8(11)9(13-4-12-5)14-6-2-3-7(16)15-10(6)17/h4,6H,2-3H2,1H3,(H,12,13,14)(H,15,16,17). The lowest BCUT2D eigenvalue weighted by Gasteiger charge is -2.22. The fourth-order valence-electron chi connectivity index (χ4n) is 1.55. The van der Waals surface area contributed by atoms with Gasteiger partial charge in [0.05, 0.1) is 5.69 Å². The molecule has 0 spiro atoms. The molecule has 1 aliphatic heterocycles. The van der Waals surface area contributed by atoms with Crippen LogP contribution in [0.25, 0.3) is 0 Å². The van der Waals surface area contributed by atoms with E-state index < -0.39 is 17.8 Å². The summed E-state index contributed by atoms with van der Waals surface area (Å²) in [5.74, 6) is -1.38. The number of aryl methyl sites for hydroxylation is 1. The molecule has 1 saturated heterocycles. The molecule has 1 unspecified atom stereocenters. The Labute approximate surface area is 96.6 Å². The van der Waals surface area contributed by atoms with Crippen molar-refractivity contribution in [1.29, 1.82) is 0 Å². The van der Waals surface area contributed by atoms with Gasteiger partial charge in [-0.1, -0.05) is 0 Å². The lowest BCUT2D eigenvalue weighted by atomic mass is 10.1. The van der Waals surface area contributed by atoms with Crippen LogP contribution in [0.1, 0.15) is 18.5 Å². The number of aromatic nitrogens is 2. The molecule has 0 bridgehead atoms. The second-order valence-electron chi connectivity index (χ2n) is 3.77.